The quantitative estimate of drug-likeness (QED) is 0.292. The molecule has 4 rings (SSSR count). The van der Waals surface area contributed by atoms with Gasteiger partial charge in [-0.3, -0.25) is 14.8 Å². The van der Waals surface area contributed by atoms with Gasteiger partial charge in [0, 0.05) is 35.4 Å². The van der Waals surface area contributed by atoms with E-state index in [0.717, 1.165) is 15.6 Å². The third kappa shape index (κ3) is 5.02. The number of nitrogens with one attached hydrogen (secondary N) is 1. The van der Waals surface area contributed by atoms with Gasteiger partial charge in [0.2, 0.25) is 0 Å². The number of hydrazine groups is 1. The van der Waals surface area contributed by atoms with E-state index < -0.39 is 30.2 Å². The zero-order chi connectivity index (χ0) is 25.8. The van der Waals surface area contributed by atoms with Crippen molar-refractivity contribution in [2.75, 3.05) is 18.9 Å². The summed E-state index contributed by atoms with van der Waals surface area (Å²) in [6, 6.07) is 10.6. The number of amides is 1. The second kappa shape index (κ2) is 10.8. The fourth-order valence-electron chi connectivity index (χ4n) is 4.00. The van der Waals surface area contributed by atoms with Gasteiger partial charge in [-0.2, -0.15) is 4.79 Å². The Labute approximate surface area is 212 Å². The summed E-state index contributed by atoms with van der Waals surface area (Å²) in [5, 5.41) is 9.87. The van der Waals surface area contributed by atoms with Gasteiger partial charge >= 0.3 is 12.1 Å². The lowest BCUT2D eigenvalue weighted by atomic mass is 9.99. The smallest absolute Gasteiger partial charge is 0.429 e. The molecule has 1 aliphatic rings. The number of hydrogen-bond donors (Lipinski definition) is 1. The van der Waals surface area contributed by atoms with E-state index in [9.17, 15) is 14.4 Å². The first kappa shape index (κ1) is 25.1. The molecule has 11 heteroatoms. The number of anilines is 1. The van der Waals surface area contributed by atoms with Crippen molar-refractivity contribution in [1.82, 2.24) is 15.0 Å². The van der Waals surface area contributed by atoms with Gasteiger partial charge in [0.15, 0.2) is 0 Å². The molecule has 36 heavy (non-hydrogen) atoms. The number of rotatable bonds is 6. The Morgan fingerprint density at radius 1 is 1.14 bits per heavy atom. The fraction of sp³-hybridized carbons (Fsp3) is 0.280. The van der Waals surface area contributed by atoms with Crippen LogP contribution in [-0.4, -0.2) is 52.7 Å². The predicted molar refractivity (Wildman–Crippen MR) is 133 cm³/mol. The van der Waals surface area contributed by atoms with Crippen molar-refractivity contribution in [1.29, 1.82) is 0 Å². The summed E-state index contributed by atoms with van der Waals surface area (Å²) < 4.78 is 4.87. The number of hydrogen-bond acceptors (Lipinski definition) is 10. The van der Waals surface area contributed by atoms with Crippen LogP contribution in [0.1, 0.15) is 31.7 Å². The number of thiophene rings is 1. The molecule has 0 saturated heterocycles. The van der Waals surface area contributed by atoms with Crippen molar-refractivity contribution in [3.8, 4) is 0 Å². The molecule has 1 aliphatic heterocycles. The molecule has 10 nitrogen and oxygen atoms in total. The average molecular weight is 511 g/mol. The van der Waals surface area contributed by atoms with Crippen LogP contribution in [0, 0.1) is 0 Å². The van der Waals surface area contributed by atoms with E-state index in [-0.39, 0.29) is 11.3 Å². The Balaban J connectivity index is 1.82. The number of ether oxygens (including phenoxy) is 1. The first-order valence-electron chi connectivity index (χ1n) is 11.3. The second-order valence-electron chi connectivity index (χ2n) is 8.21. The topological polar surface area (TPSA) is 110 Å². The van der Waals surface area contributed by atoms with Crippen LogP contribution >= 0.6 is 11.3 Å². The van der Waals surface area contributed by atoms with Crippen LogP contribution in [0.4, 0.5) is 10.5 Å². The van der Waals surface area contributed by atoms with Crippen LogP contribution < -0.4 is 5.32 Å². The monoisotopic (exact) mass is 510 g/mol. The summed E-state index contributed by atoms with van der Waals surface area (Å²) in [6.45, 7) is 5.46. The summed E-state index contributed by atoms with van der Waals surface area (Å²) in [7, 11) is 1.71. The molecule has 1 N–H and O–H groups in total. The highest BCUT2D eigenvalue weighted by Crippen LogP contribution is 2.39. The lowest BCUT2D eigenvalue weighted by Gasteiger charge is -2.42. The van der Waals surface area contributed by atoms with Gasteiger partial charge in [0.1, 0.15) is 5.70 Å². The molecule has 1 unspecified atom stereocenters. The van der Waals surface area contributed by atoms with Gasteiger partial charge in [-0.15, -0.1) is 11.3 Å². The summed E-state index contributed by atoms with van der Waals surface area (Å²) in [5.41, 5.74) is 0.518. The zero-order valence-corrected chi connectivity index (χ0v) is 21.1. The van der Waals surface area contributed by atoms with Crippen molar-refractivity contribution in [2.45, 2.75) is 32.9 Å². The summed E-state index contributed by atoms with van der Waals surface area (Å²) >= 11 is 1.42. The predicted octanol–water partition coefficient (Wildman–Crippen LogP) is 4.43. The van der Waals surface area contributed by atoms with Gasteiger partial charge in [0.25, 0.3) is 5.91 Å². The van der Waals surface area contributed by atoms with E-state index in [1.807, 2.05) is 48.7 Å². The molecule has 0 fully saturated rings. The highest BCUT2D eigenvalue weighted by Gasteiger charge is 2.43. The van der Waals surface area contributed by atoms with Crippen LogP contribution in [0.3, 0.4) is 0 Å². The Bertz CT molecular complexity index is 1300. The summed E-state index contributed by atoms with van der Waals surface area (Å²) in [4.78, 5) is 53.4. The van der Waals surface area contributed by atoms with E-state index in [4.69, 9.17) is 9.62 Å². The van der Waals surface area contributed by atoms with Gasteiger partial charge < -0.3 is 10.1 Å². The number of pyridine rings is 1. The van der Waals surface area contributed by atoms with E-state index >= 15 is 0 Å². The second-order valence-corrected chi connectivity index (χ2v) is 9.18. The molecule has 188 valence electrons. The Hall–Kier alpha value is -3.96. The first-order valence-corrected chi connectivity index (χ1v) is 12.2. The van der Waals surface area contributed by atoms with Crippen molar-refractivity contribution in [3.63, 3.8) is 0 Å². The first-order chi connectivity index (χ1) is 17.3. The number of carbonyl (C=O) groups is 3. The molecule has 0 spiro atoms. The molecule has 0 bridgehead atoms. The Kier molecular flexibility index (Phi) is 7.51. The van der Waals surface area contributed by atoms with Gasteiger partial charge in [-0.1, -0.05) is 30.3 Å². The van der Waals surface area contributed by atoms with Crippen molar-refractivity contribution in [3.05, 3.63) is 70.3 Å². The third-order valence-electron chi connectivity index (χ3n) is 5.52. The van der Waals surface area contributed by atoms with Crippen LogP contribution in [0.2, 0.25) is 0 Å². The van der Waals surface area contributed by atoms with Crippen LogP contribution in [-0.2, 0) is 24.1 Å². The van der Waals surface area contributed by atoms with E-state index in [1.54, 1.807) is 38.3 Å². The molecule has 1 aromatic carbocycles. The maximum absolute atomic E-state index is 13.6. The SMILES string of the molecule is CCN1C(=O)C(Nc2cncc3ccccc23)=C(C(=O)OOC(=O)OC(C)C)C(c2cccs2)N1C. The zero-order valence-electron chi connectivity index (χ0n) is 20.3. The molecule has 3 aromatic rings. The van der Waals surface area contributed by atoms with E-state index in [2.05, 4.69) is 15.2 Å². The van der Waals surface area contributed by atoms with E-state index in [1.165, 1.54) is 16.3 Å². The molecule has 1 atom stereocenters. The van der Waals surface area contributed by atoms with Crippen LogP contribution in [0.5, 0.6) is 0 Å². The number of fused-ring (bicyclic) bond motifs is 1. The average Bonchev–Trinajstić information content (AvgIpc) is 3.38. The van der Waals surface area contributed by atoms with E-state index in [0.29, 0.717) is 12.2 Å². The standard InChI is InChI=1S/C25H26N4O6S/c1-5-29-23(30)21(27-18-14-26-13-16-9-6-7-10-17(16)18)20(22(28(29)4)19-11-8-12-36-19)24(31)34-35-25(32)33-15(2)3/h6-15,22,27H,5H2,1-4H3. The minimum absolute atomic E-state index is 0.00247. The minimum atomic E-state index is -1.16. The van der Waals surface area contributed by atoms with Crippen molar-refractivity contribution in [2.24, 2.45) is 0 Å². The maximum Gasteiger partial charge on any atom is 0.550 e. The molecule has 0 radical (unpaired) electrons. The van der Waals surface area contributed by atoms with Crippen molar-refractivity contribution >= 4 is 45.8 Å². The number of carbonyl (C=O) groups excluding carboxylic acids is 3. The molecule has 2 aromatic heterocycles. The number of nitrogens with zero attached hydrogens (tertiary/aromatic N) is 3. The minimum Gasteiger partial charge on any atom is -0.429 e. The van der Waals surface area contributed by atoms with Crippen LogP contribution in [0.25, 0.3) is 10.8 Å². The van der Waals surface area contributed by atoms with Gasteiger partial charge in [-0.25, -0.2) is 19.6 Å². The Morgan fingerprint density at radius 3 is 2.61 bits per heavy atom. The van der Waals surface area contributed by atoms with Gasteiger partial charge in [-0.05, 0) is 32.2 Å². The fourth-order valence-corrected chi connectivity index (χ4v) is 4.88. The molecular formula is C25H26N4O6S. The largest absolute Gasteiger partial charge is 0.550 e. The number of benzene rings is 1. The lowest BCUT2D eigenvalue weighted by Crippen LogP contribution is -2.53. The summed E-state index contributed by atoms with van der Waals surface area (Å²) in [5.74, 6) is -1.45. The molecular weight excluding hydrogens is 484 g/mol. The normalized spacial score (nSPS) is 16.4. The molecule has 3 heterocycles. The lowest BCUT2D eigenvalue weighted by molar-refractivity contribution is -0.242. The third-order valence-corrected chi connectivity index (χ3v) is 6.45. The molecule has 0 aliphatic carbocycles. The highest BCUT2D eigenvalue weighted by molar-refractivity contribution is 7.10. The number of likely N-dealkylation sites (N-methyl/N-ethyl adjacent to an activating group) is 2. The highest BCUT2D eigenvalue weighted by atomic mass is 32.1. The van der Waals surface area contributed by atoms with Crippen molar-refractivity contribution < 1.29 is 28.9 Å². The maximum atomic E-state index is 13.6. The Morgan fingerprint density at radius 2 is 1.92 bits per heavy atom. The molecule has 1 amide bonds. The summed E-state index contributed by atoms with van der Waals surface area (Å²) in [6.07, 6.45) is 1.66. The number of aromatic nitrogens is 1. The van der Waals surface area contributed by atoms with Gasteiger partial charge in [0.05, 0.1) is 29.6 Å². The van der Waals surface area contributed by atoms with Crippen LogP contribution in [0.15, 0.2) is 65.4 Å². The molecule has 0 saturated carbocycles.